The van der Waals surface area contributed by atoms with Gasteiger partial charge in [0.05, 0.1) is 13.2 Å². The number of rotatable bonds is 6. The molecule has 0 amide bonds. The number of aromatic amines is 1. The Labute approximate surface area is 116 Å². The van der Waals surface area contributed by atoms with E-state index in [1.165, 1.54) is 12.8 Å². The van der Waals surface area contributed by atoms with Crippen molar-refractivity contribution in [2.24, 2.45) is 5.92 Å². The Morgan fingerprint density at radius 2 is 2.37 bits per heavy atom. The predicted octanol–water partition coefficient (Wildman–Crippen LogP) is 2.43. The average molecular weight is 276 g/mol. The minimum absolute atomic E-state index is 0.619. The number of hydrogen-bond acceptors (Lipinski definition) is 4. The third kappa shape index (κ3) is 3.08. The van der Waals surface area contributed by atoms with Gasteiger partial charge in [-0.05, 0) is 43.1 Å². The summed E-state index contributed by atoms with van der Waals surface area (Å²) in [6.07, 6.45) is 6.15. The molecule has 100 valence electrons. The maximum atomic E-state index is 5.65. The van der Waals surface area contributed by atoms with Crippen LogP contribution in [0.3, 0.4) is 0 Å². The molecule has 2 aromatic rings. The van der Waals surface area contributed by atoms with Gasteiger partial charge < -0.3 is 4.74 Å². The van der Waals surface area contributed by atoms with E-state index in [9.17, 15) is 0 Å². The summed E-state index contributed by atoms with van der Waals surface area (Å²) in [6.45, 7) is 2.25. The average Bonchev–Trinajstić information content (AvgIpc) is 3.20. The summed E-state index contributed by atoms with van der Waals surface area (Å²) in [7, 11) is 0. The molecule has 0 aromatic carbocycles. The molecule has 0 bridgehead atoms. The van der Waals surface area contributed by atoms with Gasteiger partial charge in [0.1, 0.15) is 0 Å². The van der Waals surface area contributed by atoms with Gasteiger partial charge >= 0.3 is 0 Å². The van der Waals surface area contributed by atoms with E-state index in [1.54, 1.807) is 12.4 Å². The van der Waals surface area contributed by atoms with E-state index in [-0.39, 0.29) is 0 Å². The Morgan fingerprint density at radius 1 is 1.47 bits per heavy atom. The fourth-order valence-corrected chi connectivity index (χ4v) is 2.15. The third-order valence-corrected chi connectivity index (χ3v) is 3.50. The van der Waals surface area contributed by atoms with Crippen LogP contribution in [0.25, 0.3) is 11.4 Å². The summed E-state index contributed by atoms with van der Waals surface area (Å²) >= 11 is 5.26. The Hall–Kier alpha value is -1.53. The third-order valence-electron chi connectivity index (χ3n) is 3.19. The van der Waals surface area contributed by atoms with Crippen LogP contribution in [-0.2, 0) is 11.3 Å². The first-order chi connectivity index (χ1) is 9.34. The van der Waals surface area contributed by atoms with Gasteiger partial charge in [0, 0.05) is 24.6 Å². The molecule has 2 aromatic heterocycles. The van der Waals surface area contributed by atoms with Gasteiger partial charge in [-0.15, -0.1) is 0 Å². The summed E-state index contributed by atoms with van der Waals surface area (Å²) in [5.41, 5.74) is 0.956. The van der Waals surface area contributed by atoms with Crippen LogP contribution in [0, 0.1) is 10.7 Å². The number of aromatic nitrogens is 4. The minimum atomic E-state index is 0.619. The predicted molar refractivity (Wildman–Crippen MR) is 74.2 cm³/mol. The molecule has 5 nitrogen and oxygen atoms in total. The maximum Gasteiger partial charge on any atom is 0.195 e. The zero-order valence-corrected chi connectivity index (χ0v) is 11.4. The summed E-state index contributed by atoms with van der Waals surface area (Å²) in [5.74, 6) is 1.60. The number of nitrogens with zero attached hydrogens (tertiary/aromatic N) is 3. The zero-order valence-electron chi connectivity index (χ0n) is 10.6. The van der Waals surface area contributed by atoms with Crippen molar-refractivity contribution in [1.29, 1.82) is 0 Å². The molecule has 0 radical (unpaired) electrons. The van der Waals surface area contributed by atoms with E-state index in [2.05, 4.69) is 15.2 Å². The van der Waals surface area contributed by atoms with Gasteiger partial charge in [0.15, 0.2) is 10.6 Å². The second-order valence-corrected chi connectivity index (χ2v) is 5.15. The molecule has 3 rings (SSSR count). The normalized spacial score (nSPS) is 14.7. The van der Waals surface area contributed by atoms with Crippen molar-refractivity contribution in [3.63, 3.8) is 0 Å². The molecule has 1 aliphatic carbocycles. The maximum absolute atomic E-state index is 5.65. The van der Waals surface area contributed by atoms with Crippen LogP contribution >= 0.6 is 12.2 Å². The SMILES string of the molecule is S=c1[nH]nc(-c2cccnc2)n1CCOCC1CC1. The second kappa shape index (κ2) is 5.63. The molecule has 0 atom stereocenters. The molecular weight excluding hydrogens is 260 g/mol. The van der Waals surface area contributed by atoms with E-state index in [4.69, 9.17) is 17.0 Å². The molecule has 1 fully saturated rings. The van der Waals surface area contributed by atoms with E-state index in [0.717, 1.165) is 23.9 Å². The first kappa shape index (κ1) is 12.5. The van der Waals surface area contributed by atoms with Crippen molar-refractivity contribution in [2.75, 3.05) is 13.2 Å². The fourth-order valence-electron chi connectivity index (χ4n) is 1.93. The number of nitrogens with one attached hydrogen (secondary N) is 1. The van der Waals surface area contributed by atoms with Crippen LogP contribution in [0.2, 0.25) is 0 Å². The lowest BCUT2D eigenvalue weighted by Crippen LogP contribution is -2.09. The van der Waals surface area contributed by atoms with Crippen molar-refractivity contribution in [3.05, 3.63) is 29.3 Å². The molecule has 1 N–H and O–H groups in total. The largest absolute Gasteiger partial charge is 0.379 e. The molecule has 0 spiro atoms. The first-order valence-electron chi connectivity index (χ1n) is 6.48. The summed E-state index contributed by atoms with van der Waals surface area (Å²) in [6, 6.07) is 3.86. The molecule has 0 unspecified atom stereocenters. The summed E-state index contributed by atoms with van der Waals surface area (Å²) < 4.78 is 8.23. The van der Waals surface area contributed by atoms with Crippen molar-refractivity contribution < 1.29 is 4.74 Å². The Bertz CT molecular complexity index is 588. The van der Waals surface area contributed by atoms with Crippen molar-refractivity contribution in [1.82, 2.24) is 19.7 Å². The van der Waals surface area contributed by atoms with Gasteiger partial charge in [-0.3, -0.25) is 14.6 Å². The Balaban J connectivity index is 1.69. The first-order valence-corrected chi connectivity index (χ1v) is 6.89. The highest BCUT2D eigenvalue weighted by molar-refractivity contribution is 7.71. The monoisotopic (exact) mass is 276 g/mol. The Kier molecular flexibility index (Phi) is 3.70. The molecule has 1 saturated carbocycles. The molecular formula is C13H16N4OS. The zero-order chi connectivity index (χ0) is 13.1. The van der Waals surface area contributed by atoms with Crippen molar-refractivity contribution in [2.45, 2.75) is 19.4 Å². The van der Waals surface area contributed by atoms with Crippen LogP contribution in [0.1, 0.15) is 12.8 Å². The summed E-state index contributed by atoms with van der Waals surface area (Å²) in [4.78, 5) is 4.11. The summed E-state index contributed by atoms with van der Waals surface area (Å²) in [5, 5.41) is 7.09. The fraction of sp³-hybridized carbons (Fsp3) is 0.462. The number of H-pyrrole nitrogens is 1. The number of hydrogen-bond donors (Lipinski definition) is 1. The van der Waals surface area contributed by atoms with E-state index in [0.29, 0.717) is 17.9 Å². The van der Waals surface area contributed by atoms with Crippen LogP contribution in [-0.4, -0.2) is 33.0 Å². The van der Waals surface area contributed by atoms with Gasteiger partial charge in [0.2, 0.25) is 0 Å². The second-order valence-electron chi connectivity index (χ2n) is 4.76. The van der Waals surface area contributed by atoms with Gasteiger partial charge in [0.25, 0.3) is 0 Å². The quantitative estimate of drug-likeness (QED) is 0.650. The van der Waals surface area contributed by atoms with Gasteiger partial charge in [-0.2, -0.15) is 5.10 Å². The van der Waals surface area contributed by atoms with Crippen LogP contribution in [0.15, 0.2) is 24.5 Å². The van der Waals surface area contributed by atoms with E-state index < -0.39 is 0 Å². The lowest BCUT2D eigenvalue weighted by molar-refractivity contribution is 0.117. The highest BCUT2D eigenvalue weighted by Crippen LogP contribution is 2.28. The van der Waals surface area contributed by atoms with Crippen LogP contribution in [0.5, 0.6) is 0 Å². The molecule has 0 aliphatic heterocycles. The van der Waals surface area contributed by atoms with E-state index in [1.807, 2.05) is 16.7 Å². The molecule has 1 aliphatic rings. The van der Waals surface area contributed by atoms with Crippen molar-refractivity contribution in [3.8, 4) is 11.4 Å². The Morgan fingerprint density at radius 3 is 3.11 bits per heavy atom. The highest BCUT2D eigenvalue weighted by atomic mass is 32.1. The van der Waals surface area contributed by atoms with E-state index >= 15 is 0 Å². The molecule has 6 heteroatoms. The molecule has 0 saturated heterocycles. The number of ether oxygens (including phenoxy) is 1. The van der Waals surface area contributed by atoms with Gasteiger partial charge in [-0.1, -0.05) is 0 Å². The highest BCUT2D eigenvalue weighted by Gasteiger charge is 2.21. The lowest BCUT2D eigenvalue weighted by atomic mass is 10.3. The topological polar surface area (TPSA) is 55.7 Å². The van der Waals surface area contributed by atoms with Crippen molar-refractivity contribution >= 4 is 12.2 Å². The van der Waals surface area contributed by atoms with Crippen LogP contribution in [0.4, 0.5) is 0 Å². The minimum Gasteiger partial charge on any atom is -0.379 e. The van der Waals surface area contributed by atoms with Crippen LogP contribution < -0.4 is 0 Å². The lowest BCUT2D eigenvalue weighted by Gasteiger charge is -2.07. The van der Waals surface area contributed by atoms with Gasteiger partial charge in [-0.25, -0.2) is 0 Å². The smallest absolute Gasteiger partial charge is 0.195 e. The molecule has 2 heterocycles. The standard InChI is InChI=1S/C13H16N4OS/c19-13-16-15-12(11-2-1-5-14-8-11)17(13)6-7-18-9-10-3-4-10/h1-2,5,8,10H,3-4,6-7,9H2,(H,16,19). The number of pyridine rings is 1. The molecule has 19 heavy (non-hydrogen) atoms.